The third-order valence-corrected chi connectivity index (χ3v) is 5.24. The second-order valence-electron chi connectivity index (χ2n) is 7.74. The highest BCUT2D eigenvalue weighted by atomic mass is 16.2. The van der Waals surface area contributed by atoms with Crippen LogP contribution in [0.25, 0.3) is 0 Å². The van der Waals surface area contributed by atoms with Gasteiger partial charge < -0.3 is 15.5 Å². The van der Waals surface area contributed by atoms with Gasteiger partial charge in [-0.25, -0.2) is 0 Å². The van der Waals surface area contributed by atoms with Crippen LogP contribution in [0.5, 0.6) is 0 Å². The second-order valence-corrected chi connectivity index (χ2v) is 7.74. The van der Waals surface area contributed by atoms with Gasteiger partial charge >= 0.3 is 0 Å². The maximum atomic E-state index is 12.3. The van der Waals surface area contributed by atoms with Crippen LogP contribution in [0.15, 0.2) is 35.3 Å². The number of aliphatic imine (C=N–C) groups is 1. The summed E-state index contributed by atoms with van der Waals surface area (Å²) in [5.41, 5.74) is 1.31. The molecule has 0 aliphatic carbocycles. The molecule has 1 heterocycles. The zero-order valence-electron chi connectivity index (χ0n) is 17.9. The molecule has 0 spiro atoms. The lowest BCUT2D eigenvalue weighted by atomic mass is 10.0. The summed E-state index contributed by atoms with van der Waals surface area (Å²) >= 11 is 0. The van der Waals surface area contributed by atoms with Crippen molar-refractivity contribution in [2.45, 2.75) is 45.1 Å². The van der Waals surface area contributed by atoms with Gasteiger partial charge in [-0.05, 0) is 38.3 Å². The van der Waals surface area contributed by atoms with E-state index in [1.54, 1.807) is 4.90 Å². The molecule has 28 heavy (non-hydrogen) atoms. The third kappa shape index (κ3) is 6.82. The van der Waals surface area contributed by atoms with Gasteiger partial charge in [0, 0.05) is 46.2 Å². The summed E-state index contributed by atoms with van der Waals surface area (Å²) in [6.45, 7) is 8.70. The van der Waals surface area contributed by atoms with Gasteiger partial charge in [0.25, 0.3) is 0 Å². The normalized spacial score (nSPS) is 18.7. The van der Waals surface area contributed by atoms with Crippen molar-refractivity contribution in [3.05, 3.63) is 35.9 Å². The van der Waals surface area contributed by atoms with Crippen LogP contribution in [0.3, 0.4) is 0 Å². The Hall–Kier alpha value is -2.08. The Morgan fingerprint density at radius 3 is 2.71 bits per heavy atom. The van der Waals surface area contributed by atoms with Crippen LogP contribution in [-0.2, 0) is 4.79 Å². The van der Waals surface area contributed by atoms with Gasteiger partial charge in [0.2, 0.25) is 5.91 Å². The number of amides is 1. The van der Waals surface area contributed by atoms with Gasteiger partial charge in [-0.3, -0.25) is 14.7 Å². The van der Waals surface area contributed by atoms with Crippen molar-refractivity contribution in [1.29, 1.82) is 0 Å². The maximum absolute atomic E-state index is 12.3. The second kappa shape index (κ2) is 11.7. The van der Waals surface area contributed by atoms with E-state index in [4.69, 9.17) is 4.99 Å². The minimum atomic E-state index is 0.0589. The largest absolute Gasteiger partial charge is 0.357 e. The van der Waals surface area contributed by atoms with Crippen molar-refractivity contribution in [2.75, 3.05) is 46.8 Å². The first kappa shape index (κ1) is 22.2. The molecular weight excluding hydrogens is 350 g/mol. The van der Waals surface area contributed by atoms with E-state index in [1.165, 1.54) is 5.56 Å². The molecule has 1 aliphatic rings. The monoisotopic (exact) mass is 387 g/mol. The van der Waals surface area contributed by atoms with E-state index in [0.717, 1.165) is 57.9 Å². The number of nitrogens with one attached hydrogen (secondary N) is 2. The Morgan fingerprint density at radius 2 is 2.04 bits per heavy atom. The Kier molecular flexibility index (Phi) is 9.28. The van der Waals surface area contributed by atoms with Crippen LogP contribution in [0.4, 0.5) is 0 Å². The molecule has 156 valence electrons. The van der Waals surface area contributed by atoms with Gasteiger partial charge in [-0.1, -0.05) is 37.3 Å². The van der Waals surface area contributed by atoms with Gasteiger partial charge in [-0.15, -0.1) is 0 Å². The van der Waals surface area contributed by atoms with Crippen LogP contribution in [0.1, 0.15) is 44.6 Å². The first-order valence-electron chi connectivity index (χ1n) is 10.5. The summed E-state index contributed by atoms with van der Waals surface area (Å²) in [4.78, 5) is 21.1. The molecule has 0 aromatic heterocycles. The predicted octanol–water partition coefficient (Wildman–Crippen LogP) is 2.29. The summed E-state index contributed by atoms with van der Waals surface area (Å²) in [6, 6.07) is 10.6. The molecule has 1 aromatic carbocycles. The zero-order valence-corrected chi connectivity index (χ0v) is 17.9. The lowest BCUT2D eigenvalue weighted by Gasteiger charge is -2.26. The highest BCUT2D eigenvalue weighted by molar-refractivity contribution is 5.81. The number of hydrogen-bond donors (Lipinski definition) is 2. The summed E-state index contributed by atoms with van der Waals surface area (Å²) in [5, 5.41) is 6.76. The fraction of sp³-hybridized carbons (Fsp3) is 0.636. The van der Waals surface area contributed by atoms with Crippen LogP contribution in [-0.4, -0.2) is 74.5 Å². The summed E-state index contributed by atoms with van der Waals surface area (Å²) in [6.07, 6.45) is 3.08. The fourth-order valence-corrected chi connectivity index (χ4v) is 3.62. The lowest BCUT2D eigenvalue weighted by molar-refractivity contribution is -0.133. The topological polar surface area (TPSA) is 60.0 Å². The molecule has 1 aliphatic heterocycles. The molecular formula is C22H37N5O. The standard InChI is InChI=1S/C22H37N5O/c1-5-23-22(25-17-18(2)19-11-7-6-8-12-19)24-14-10-16-27-15-9-13-20(27)21(28)26(3)4/h6-8,11-12,18,20H,5,9-10,13-17H2,1-4H3,(H2,23,24,25). The maximum Gasteiger partial charge on any atom is 0.239 e. The van der Waals surface area contributed by atoms with E-state index in [-0.39, 0.29) is 11.9 Å². The predicted molar refractivity (Wildman–Crippen MR) is 117 cm³/mol. The molecule has 2 unspecified atom stereocenters. The quantitative estimate of drug-likeness (QED) is 0.388. The van der Waals surface area contributed by atoms with E-state index in [0.29, 0.717) is 5.92 Å². The molecule has 0 bridgehead atoms. The van der Waals surface area contributed by atoms with Crippen molar-refractivity contribution in [2.24, 2.45) is 4.99 Å². The Labute approximate surface area is 170 Å². The summed E-state index contributed by atoms with van der Waals surface area (Å²) < 4.78 is 0. The minimum Gasteiger partial charge on any atom is -0.357 e. The number of nitrogens with zero attached hydrogens (tertiary/aromatic N) is 3. The van der Waals surface area contributed by atoms with Crippen molar-refractivity contribution in [3.8, 4) is 0 Å². The molecule has 1 aromatic rings. The molecule has 0 radical (unpaired) electrons. The molecule has 0 saturated carbocycles. The highest BCUT2D eigenvalue weighted by Gasteiger charge is 2.30. The first-order chi connectivity index (χ1) is 13.5. The first-order valence-corrected chi connectivity index (χ1v) is 10.5. The van der Waals surface area contributed by atoms with Crippen molar-refractivity contribution in [1.82, 2.24) is 20.4 Å². The van der Waals surface area contributed by atoms with Gasteiger partial charge in [0.1, 0.15) is 0 Å². The third-order valence-electron chi connectivity index (χ3n) is 5.24. The number of carbonyl (C=O) groups excluding carboxylic acids is 1. The number of likely N-dealkylation sites (tertiary alicyclic amines) is 1. The van der Waals surface area contributed by atoms with Crippen LogP contribution < -0.4 is 10.6 Å². The highest BCUT2D eigenvalue weighted by Crippen LogP contribution is 2.18. The number of benzene rings is 1. The van der Waals surface area contributed by atoms with Gasteiger partial charge in [0.05, 0.1) is 6.04 Å². The Morgan fingerprint density at radius 1 is 1.29 bits per heavy atom. The molecule has 2 N–H and O–H groups in total. The number of guanidine groups is 1. The number of rotatable bonds is 9. The van der Waals surface area contributed by atoms with E-state index in [9.17, 15) is 4.79 Å². The number of hydrogen-bond acceptors (Lipinski definition) is 3. The molecule has 1 amide bonds. The van der Waals surface area contributed by atoms with E-state index >= 15 is 0 Å². The van der Waals surface area contributed by atoms with Crippen molar-refractivity contribution in [3.63, 3.8) is 0 Å². The van der Waals surface area contributed by atoms with Gasteiger partial charge in [0.15, 0.2) is 5.96 Å². The Bertz CT molecular complexity index is 617. The van der Waals surface area contributed by atoms with Crippen molar-refractivity contribution < 1.29 is 4.79 Å². The minimum absolute atomic E-state index is 0.0589. The number of likely N-dealkylation sites (N-methyl/N-ethyl adjacent to an activating group) is 1. The van der Waals surface area contributed by atoms with Crippen LogP contribution in [0.2, 0.25) is 0 Å². The average molecular weight is 388 g/mol. The van der Waals surface area contributed by atoms with E-state index in [2.05, 4.69) is 53.6 Å². The molecule has 2 rings (SSSR count). The van der Waals surface area contributed by atoms with Crippen molar-refractivity contribution >= 4 is 11.9 Å². The zero-order chi connectivity index (χ0) is 20.4. The van der Waals surface area contributed by atoms with Crippen LogP contribution >= 0.6 is 0 Å². The van der Waals surface area contributed by atoms with Gasteiger partial charge in [-0.2, -0.15) is 0 Å². The molecule has 6 heteroatoms. The molecule has 6 nitrogen and oxygen atoms in total. The smallest absolute Gasteiger partial charge is 0.239 e. The molecule has 1 fully saturated rings. The van der Waals surface area contributed by atoms with Crippen LogP contribution in [0, 0.1) is 0 Å². The average Bonchev–Trinajstić information content (AvgIpc) is 3.17. The molecule has 2 atom stereocenters. The van der Waals surface area contributed by atoms with E-state index < -0.39 is 0 Å². The lowest BCUT2D eigenvalue weighted by Crippen LogP contribution is -2.44. The SMILES string of the molecule is CCNC(=NCC(C)c1ccccc1)NCCCN1CCCC1C(=O)N(C)C. The Balaban J connectivity index is 1.77. The molecule has 1 saturated heterocycles. The van der Waals surface area contributed by atoms with E-state index in [1.807, 2.05) is 20.2 Å². The fourth-order valence-electron chi connectivity index (χ4n) is 3.62. The summed E-state index contributed by atoms with van der Waals surface area (Å²) in [7, 11) is 3.69. The summed E-state index contributed by atoms with van der Waals surface area (Å²) in [5.74, 6) is 1.49. The number of carbonyl (C=O) groups is 1.